The van der Waals surface area contributed by atoms with Crippen LogP contribution < -0.4 is 5.73 Å². The van der Waals surface area contributed by atoms with E-state index in [1.807, 2.05) is 0 Å². The van der Waals surface area contributed by atoms with Gasteiger partial charge in [-0.25, -0.2) is 9.37 Å². The van der Waals surface area contributed by atoms with Gasteiger partial charge in [0.15, 0.2) is 5.65 Å². The van der Waals surface area contributed by atoms with Gasteiger partial charge in [-0.05, 0) is 55.9 Å². The molecule has 1 aromatic carbocycles. The topological polar surface area (TPSA) is 87.9 Å². The lowest BCUT2D eigenvalue weighted by Crippen LogP contribution is -2.39. The molecule has 1 aliphatic heterocycles. The first kappa shape index (κ1) is 22.0. The van der Waals surface area contributed by atoms with Crippen LogP contribution in [0.2, 0.25) is 0 Å². The maximum absolute atomic E-state index is 13.7. The fourth-order valence-corrected chi connectivity index (χ4v) is 4.24. The highest BCUT2D eigenvalue weighted by molar-refractivity contribution is 5.90. The molecule has 10 heteroatoms. The van der Waals surface area contributed by atoms with Crippen LogP contribution >= 0.6 is 0 Å². The number of nitrogens with two attached hydrogens (primary N) is 1. The van der Waals surface area contributed by atoms with Gasteiger partial charge >= 0.3 is 6.18 Å². The molecule has 1 amide bonds. The number of nitrogens with zero attached hydrogens (tertiary/aromatic N) is 3. The Bertz CT molecular complexity index is 1110. The maximum atomic E-state index is 13.7. The standard InChI is InChI=1S/C22H23F4N5O/c23-14-9-7-13(8-10-14)4-3-6-18(32)31-11-2-1-5-17(31)16-12-15(22(24,25)26)19-20(27)29-30-21(19)28-16/h7-10,12,17H,1-6,11H2,(H3,27,28,29,30)/t17-/m1/s1. The Morgan fingerprint density at radius 3 is 2.69 bits per heavy atom. The van der Waals surface area contributed by atoms with Gasteiger partial charge in [-0.2, -0.15) is 18.3 Å². The Morgan fingerprint density at radius 1 is 1.22 bits per heavy atom. The minimum atomic E-state index is -4.63. The van der Waals surface area contributed by atoms with Gasteiger partial charge < -0.3 is 10.6 Å². The molecule has 4 rings (SSSR count). The Kier molecular flexibility index (Phi) is 6.03. The molecule has 0 bridgehead atoms. The molecule has 3 N–H and O–H groups in total. The molecule has 2 aromatic heterocycles. The Balaban J connectivity index is 1.54. The number of carbonyl (C=O) groups excluding carboxylic acids is 1. The molecule has 0 aliphatic carbocycles. The van der Waals surface area contributed by atoms with Crippen molar-refractivity contribution in [3.05, 3.63) is 53.0 Å². The third-order valence-corrected chi connectivity index (χ3v) is 5.81. The Hall–Kier alpha value is -3.17. The average molecular weight is 449 g/mol. The van der Waals surface area contributed by atoms with E-state index < -0.39 is 17.8 Å². The number of carbonyl (C=O) groups is 1. The first-order valence-corrected chi connectivity index (χ1v) is 10.5. The molecule has 1 saturated heterocycles. The van der Waals surface area contributed by atoms with Crippen LogP contribution in [0.25, 0.3) is 11.0 Å². The van der Waals surface area contributed by atoms with E-state index in [1.165, 1.54) is 12.1 Å². The number of fused-ring (bicyclic) bond motifs is 1. The van der Waals surface area contributed by atoms with Crippen molar-refractivity contribution in [3.63, 3.8) is 0 Å². The molecule has 1 atom stereocenters. The van der Waals surface area contributed by atoms with Crippen molar-refractivity contribution in [2.75, 3.05) is 12.3 Å². The fourth-order valence-electron chi connectivity index (χ4n) is 4.24. The van der Waals surface area contributed by atoms with Crippen molar-refractivity contribution in [2.24, 2.45) is 0 Å². The highest BCUT2D eigenvalue weighted by Crippen LogP contribution is 2.39. The number of alkyl halides is 3. The van der Waals surface area contributed by atoms with Crippen LogP contribution in [-0.4, -0.2) is 32.5 Å². The molecular formula is C22H23F4N5O. The predicted octanol–water partition coefficient (Wildman–Crippen LogP) is 4.77. The molecule has 0 radical (unpaired) electrons. The number of aromatic nitrogens is 3. The van der Waals surface area contributed by atoms with Crippen molar-refractivity contribution >= 4 is 22.8 Å². The average Bonchev–Trinajstić information content (AvgIpc) is 3.14. The number of nitrogens with one attached hydrogen (secondary N) is 1. The van der Waals surface area contributed by atoms with Crippen molar-refractivity contribution in [1.82, 2.24) is 20.1 Å². The number of nitrogen functional groups attached to an aromatic ring is 1. The summed E-state index contributed by atoms with van der Waals surface area (Å²) in [5.41, 5.74) is 5.72. The van der Waals surface area contributed by atoms with Crippen molar-refractivity contribution in [3.8, 4) is 0 Å². The molecule has 3 heterocycles. The number of piperidine rings is 1. The van der Waals surface area contributed by atoms with E-state index >= 15 is 0 Å². The summed E-state index contributed by atoms with van der Waals surface area (Å²) < 4.78 is 54.1. The fraction of sp³-hybridized carbons (Fsp3) is 0.409. The molecule has 32 heavy (non-hydrogen) atoms. The van der Waals surface area contributed by atoms with E-state index in [1.54, 1.807) is 17.0 Å². The van der Waals surface area contributed by atoms with Crippen LogP contribution in [0.4, 0.5) is 23.4 Å². The summed E-state index contributed by atoms with van der Waals surface area (Å²) in [5, 5.41) is 5.92. The van der Waals surface area contributed by atoms with Crippen LogP contribution in [0.3, 0.4) is 0 Å². The Labute approximate surface area is 181 Å². The number of rotatable bonds is 5. The summed E-state index contributed by atoms with van der Waals surface area (Å²) in [4.78, 5) is 18.9. The number of benzene rings is 1. The van der Waals surface area contributed by atoms with Gasteiger partial charge in [-0.1, -0.05) is 12.1 Å². The second kappa shape index (κ2) is 8.76. The van der Waals surface area contributed by atoms with Crippen molar-refractivity contribution in [1.29, 1.82) is 0 Å². The van der Waals surface area contributed by atoms with E-state index in [0.29, 0.717) is 25.8 Å². The van der Waals surface area contributed by atoms with Gasteiger partial charge in [-0.3, -0.25) is 9.89 Å². The summed E-state index contributed by atoms with van der Waals surface area (Å²) in [7, 11) is 0. The number of hydrogen-bond donors (Lipinski definition) is 2. The summed E-state index contributed by atoms with van der Waals surface area (Å²) in [5.74, 6) is -0.639. The van der Waals surface area contributed by atoms with Crippen molar-refractivity contribution in [2.45, 2.75) is 50.7 Å². The molecule has 6 nitrogen and oxygen atoms in total. The quantitative estimate of drug-likeness (QED) is 0.549. The molecule has 1 fully saturated rings. The molecular weight excluding hydrogens is 426 g/mol. The van der Waals surface area contributed by atoms with Gasteiger partial charge in [0.2, 0.25) is 5.91 Å². The van der Waals surface area contributed by atoms with Crippen LogP contribution in [-0.2, 0) is 17.4 Å². The van der Waals surface area contributed by atoms with E-state index in [4.69, 9.17) is 5.73 Å². The van der Waals surface area contributed by atoms with E-state index in [2.05, 4.69) is 15.2 Å². The second-order valence-corrected chi connectivity index (χ2v) is 8.01. The van der Waals surface area contributed by atoms with Gasteiger partial charge in [0, 0.05) is 13.0 Å². The summed E-state index contributed by atoms with van der Waals surface area (Å²) >= 11 is 0. The zero-order valence-electron chi connectivity index (χ0n) is 17.3. The number of pyridine rings is 1. The molecule has 0 saturated carbocycles. The number of likely N-dealkylation sites (tertiary alicyclic amines) is 1. The third kappa shape index (κ3) is 4.53. The zero-order valence-corrected chi connectivity index (χ0v) is 17.3. The normalized spacial score (nSPS) is 17.1. The molecule has 170 valence electrons. The third-order valence-electron chi connectivity index (χ3n) is 5.81. The van der Waals surface area contributed by atoms with Gasteiger partial charge in [0.05, 0.1) is 22.7 Å². The van der Waals surface area contributed by atoms with E-state index in [9.17, 15) is 22.4 Å². The lowest BCUT2D eigenvalue weighted by molar-refractivity contribution is -0.136. The SMILES string of the molecule is Nc1[nH]nc2nc([C@H]3CCCCN3C(=O)CCCc3ccc(F)cc3)cc(C(F)(F)F)c12. The molecule has 0 spiro atoms. The summed E-state index contributed by atoms with van der Waals surface area (Å²) in [6.07, 6.45) is -1.12. The monoisotopic (exact) mass is 449 g/mol. The molecule has 3 aromatic rings. The summed E-state index contributed by atoms with van der Waals surface area (Å²) in [6, 6.07) is 6.54. The number of H-pyrrole nitrogens is 1. The lowest BCUT2D eigenvalue weighted by atomic mass is 9.96. The number of amides is 1. The van der Waals surface area contributed by atoms with Gasteiger partial charge in [0.25, 0.3) is 0 Å². The van der Waals surface area contributed by atoms with Crippen LogP contribution in [0, 0.1) is 5.82 Å². The zero-order chi connectivity index (χ0) is 22.9. The number of halogens is 4. The number of anilines is 1. The molecule has 0 unspecified atom stereocenters. The highest BCUT2D eigenvalue weighted by Gasteiger charge is 2.37. The second-order valence-electron chi connectivity index (χ2n) is 8.01. The smallest absolute Gasteiger partial charge is 0.383 e. The highest BCUT2D eigenvalue weighted by atomic mass is 19.4. The summed E-state index contributed by atoms with van der Waals surface area (Å²) in [6.45, 7) is 0.462. The van der Waals surface area contributed by atoms with Crippen LogP contribution in [0.15, 0.2) is 30.3 Å². The van der Waals surface area contributed by atoms with Crippen molar-refractivity contribution < 1.29 is 22.4 Å². The lowest BCUT2D eigenvalue weighted by Gasteiger charge is -2.35. The first-order valence-electron chi connectivity index (χ1n) is 10.5. The predicted molar refractivity (Wildman–Crippen MR) is 111 cm³/mol. The van der Waals surface area contributed by atoms with Gasteiger partial charge in [-0.15, -0.1) is 0 Å². The van der Waals surface area contributed by atoms with E-state index in [-0.39, 0.29) is 40.7 Å². The largest absolute Gasteiger partial charge is 0.417 e. The van der Waals surface area contributed by atoms with Gasteiger partial charge in [0.1, 0.15) is 11.6 Å². The van der Waals surface area contributed by atoms with Crippen LogP contribution in [0.5, 0.6) is 0 Å². The van der Waals surface area contributed by atoms with Crippen LogP contribution in [0.1, 0.15) is 55.0 Å². The van der Waals surface area contributed by atoms with E-state index in [0.717, 1.165) is 24.5 Å². The minimum Gasteiger partial charge on any atom is -0.383 e. The number of aryl methyl sites for hydroxylation is 1. The first-order chi connectivity index (χ1) is 15.2. The number of aromatic amines is 1. The Morgan fingerprint density at radius 2 is 1.97 bits per heavy atom. The number of hydrogen-bond acceptors (Lipinski definition) is 4. The maximum Gasteiger partial charge on any atom is 0.417 e. The minimum absolute atomic E-state index is 0.110. The molecule has 1 aliphatic rings.